The molecule has 14 heavy (non-hydrogen) atoms. The summed E-state index contributed by atoms with van der Waals surface area (Å²) in [7, 11) is -3.31. The summed E-state index contributed by atoms with van der Waals surface area (Å²) in [6, 6.07) is -0.942. The molecule has 0 amide bonds. The molecule has 0 saturated carbocycles. The summed E-state index contributed by atoms with van der Waals surface area (Å²) in [6.45, 7) is 3.60. The third kappa shape index (κ3) is 1.90. The molecule has 0 aromatic heterocycles. The minimum absolute atomic E-state index is 0.386. The largest absolute Gasteiger partial charge is 0.480 e. The molecule has 0 spiro atoms. The van der Waals surface area contributed by atoms with Crippen LogP contribution in [0.1, 0.15) is 20.3 Å². The number of sulfone groups is 1. The average molecular weight is 221 g/mol. The minimum atomic E-state index is -3.31. The summed E-state index contributed by atoms with van der Waals surface area (Å²) < 4.78 is 23.5. The van der Waals surface area contributed by atoms with E-state index in [0.29, 0.717) is 13.0 Å². The van der Waals surface area contributed by atoms with E-state index in [2.05, 4.69) is 5.32 Å². The monoisotopic (exact) mass is 221 g/mol. The molecule has 0 aromatic carbocycles. The van der Waals surface area contributed by atoms with Crippen molar-refractivity contribution in [3.63, 3.8) is 0 Å². The van der Waals surface area contributed by atoms with Crippen molar-refractivity contribution in [3.8, 4) is 0 Å². The molecule has 1 aliphatic rings. The topological polar surface area (TPSA) is 83.5 Å². The molecule has 0 radical (unpaired) electrons. The maximum atomic E-state index is 11.7. The summed E-state index contributed by atoms with van der Waals surface area (Å²) in [6.07, 6.45) is 0.386. The first-order valence-electron chi connectivity index (χ1n) is 4.56. The molecule has 1 rings (SSSR count). The van der Waals surface area contributed by atoms with Crippen molar-refractivity contribution in [2.75, 3.05) is 6.54 Å². The summed E-state index contributed by atoms with van der Waals surface area (Å²) in [5.74, 6) is -1.09. The summed E-state index contributed by atoms with van der Waals surface area (Å²) in [4.78, 5) is 10.8. The van der Waals surface area contributed by atoms with Gasteiger partial charge in [0.1, 0.15) is 6.04 Å². The molecular formula is C8H15NO4S. The quantitative estimate of drug-likeness (QED) is 0.679. The maximum absolute atomic E-state index is 11.7. The van der Waals surface area contributed by atoms with Crippen molar-refractivity contribution in [1.29, 1.82) is 0 Å². The predicted octanol–water partition coefficient (Wildman–Crippen LogP) is -0.375. The van der Waals surface area contributed by atoms with Crippen molar-refractivity contribution in [3.05, 3.63) is 0 Å². The zero-order valence-corrected chi connectivity index (χ0v) is 9.04. The molecule has 0 bridgehead atoms. The Morgan fingerprint density at radius 2 is 2.07 bits per heavy atom. The number of hydrogen-bond donors (Lipinski definition) is 2. The van der Waals surface area contributed by atoms with E-state index in [4.69, 9.17) is 5.11 Å². The van der Waals surface area contributed by atoms with Crippen LogP contribution in [0.5, 0.6) is 0 Å². The van der Waals surface area contributed by atoms with Gasteiger partial charge in [-0.3, -0.25) is 4.79 Å². The second kappa shape index (κ2) is 3.86. The van der Waals surface area contributed by atoms with E-state index < -0.39 is 32.3 Å². The second-order valence-corrected chi connectivity index (χ2v) is 6.46. The maximum Gasteiger partial charge on any atom is 0.322 e. The molecule has 1 aliphatic heterocycles. The molecule has 2 N–H and O–H groups in total. The van der Waals surface area contributed by atoms with Gasteiger partial charge in [0.05, 0.1) is 10.5 Å². The average Bonchev–Trinajstić information content (AvgIpc) is 2.51. The highest BCUT2D eigenvalue weighted by molar-refractivity contribution is 7.92. The van der Waals surface area contributed by atoms with Gasteiger partial charge in [-0.1, -0.05) is 0 Å². The number of hydrogen-bond acceptors (Lipinski definition) is 4. The standard InChI is InChI=1S/C8H15NO4S/c1-5(2)14(12,13)6-3-4-9-7(6)8(10)11/h5-7,9H,3-4H2,1-2H3,(H,10,11)/t6-,7-/m0/s1. The van der Waals surface area contributed by atoms with Gasteiger partial charge in [-0.05, 0) is 26.8 Å². The Kier molecular flexibility index (Phi) is 3.16. The number of rotatable bonds is 3. The fourth-order valence-electron chi connectivity index (χ4n) is 1.63. The number of carboxylic acids is 1. The SMILES string of the molecule is CC(C)S(=O)(=O)[C@H]1CCN[C@@H]1C(=O)O. The van der Waals surface area contributed by atoms with Gasteiger partial charge in [-0.25, -0.2) is 8.42 Å². The predicted molar refractivity (Wildman–Crippen MR) is 51.9 cm³/mol. The molecule has 1 saturated heterocycles. The normalized spacial score (nSPS) is 28.2. The van der Waals surface area contributed by atoms with E-state index in [1.54, 1.807) is 13.8 Å². The highest BCUT2D eigenvalue weighted by atomic mass is 32.2. The van der Waals surface area contributed by atoms with Crippen molar-refractivity contribution in [2.24, 2.45) is 0 Å². The van der Waals surface area contributed by atoms with Crippen LogP contribution in [0.2, 0.25) is 0 Å². The van der Waals surface area contributed by atoms with Crippen molar-refractivity contribution < 1.29 is 18.3 Å². The number of aliphatic carboxylic acids is 1. The van der Waals surface area contributed by atoms with E-state index in [1.807, 2.05) is 0 Å². The van der Waals surface area contributed by atoms with Crippen molar-refractivity contribution in [1.82, 2.24) is 5.32 Å². The summed E-state index contributed by atoms with van der Waals surface area (Å²) >= 11 is 0. The molecule has 0 unspecified atom stereocenters. The molecule has 1 heterocycles. The first-order chi connectivity index (χ1) is 6.37. The molecular weight excluding hydrogens is 206 g/mol. The fraction of sp³-hybridized carbons (Fsp3) is 0.875. The van der Waals surface area contributed by atoms with Crippen LogP contribution in [0.15, 0.2) is 0 Å². The van der Waals surface area contributed by atoms with Crippen LogP contribution in [0.25, 0.3) is 0 Å². The Hall–Kier alpha value is -0.620. The van der Waals surface area contributed by atoms with Gasteiger partial charge in [-0.2, -0.15) is 0 Å². The van der Waals surface area contributed by atoms with Crippen molar-refractivity contribution in [2.45, 2.75) is 36.8 Å². The lowest BCUT2D eigenvalue weighted by molar-refractivity contribution is -0.138. The van der Waals surface area contributed by atoms with Gasteiger partial charge in [0.2, 0.25) is 0 Å². The van der Waals surface area contributed by atoms with E-state index in [9.17, 15) is 13.2 Å². The highest BCUT2D eigenvalue weighted by Crippen LogP contribution is 2.20. The molecule has 82 valence electrons. The van der Waals surface area contributed by atoms with Gasteiger partial charge in [0.25, 0.3) is 0 Å². The fourth-order valence-corrected chi connectivity index (χ4v) is 3.37. The van der Waals surface area contributed by atoms with Crippen LogP contribution in [0.3, 0.4) is 0 Å². The third-order valence-corrected chi connectivity index (χ3v) is 5.18. The first kappa shape index (κ1) is 11.5. The van der Waals surface area contributed by atoms with E-state index in [1.165, 1.54) is 0 Å². The zero-order valence-electron chi connectivity index (χ0n) is 8.23. The Bertz CT molecular complexity index is 322. The van der Waals surface area contributed by atoms with Crippen LogP contribution in [-0.2, 0) is 14.6 Å². The van der Waals surface area contributed by atoms with E-state index in [-0.39, 0.29) is 0 Å². The lowest BCUT2D eigenvalue weighted by Crippen LogP contribution is -2.44. The first-order valence-corrected chi connectivity index (χ1v) is 6.17. The molecule has 1 fully saturated rings. The van der Waals surface area contributed by atoms with Gasteiger partial charge in [-0.15, -0.1) is 0 Å². The lowest BCUT2D eigenvalue weighted by Gasteiger charge is -2.18. The van der Waals surface area contributed by atoms with Crippen LogP contribution >= 0.6 is 0 Å². The second-order valence-electron chi connectivity index (χ2n) is 3.73. The number of carboxylic acid groups (broad SMARTS) is 1. The van der Waals surface area contributed by atoms with Crippen LogP contribution in [0.4, 0.5) is 0 Å². The lowest BCUT2D eigenvalue weighted by atomic mass is 10.2. The molecule has 0 aromatic rings. The van der Waals surface area contributed by atoms with Gasteiger partial charge >= 0.3 is 5.97 Å². The van der Waals surface area contributed by atoms with Gasteiger partial charge in [0.15, 0.2) is 9.84 Å². The molecule has 0 aliphatic carbocycles. The van der Waals surface area contributed by atoms with E-state index in [0.717, 1.165) is 0 Å². The number of nitrogens with one attached hydrogen (secondary N) is 1. The Morgan fingerprint density at radius 1 is 1.50 bits per heavy atom. The summed E-state index contributed by atoms with van der Waals surface area (Å²) in [5, 5.41) is 10.2. The third-order valence-electron chi connectivity index (χ3n) is 2.51. The zero-order chi connectivity index (χ0) is 10.9. The van der Waals surface area contributed by atoms with Gasteiger partial charge < -0.3 is 10.4 Å². The van der Waals surface area contributed by atoms with Crippen LogP contribution in [-0.4, -0.2) is 42.6 Å². The van der Waals surface area contributed by atoms with Crippen molar-refractivity contribution >= 4 is 15.8 Å². The Morgan fingerprint density at radius 3 is 2.50 bits per heavy atom. The van der Waals surface area contributed by atoms with Crippen LogP contribution in [0, 0.1) is 0 Å². The van der Waals surface area contributed by atoms with Gasteiger partial charge in [0, 0.05) is 0 Å². The highest BCUT2D eigenvalue weighted by Gasteiger charge is 2.42. The Labute approximate surface area is 83.4 Å². The number of carbonyl (C=O) groups is 1. The smallest absolute Gasteiger partial charge is 0.322 e. The molecule has 6 heteroatoms. The van der Waals surface area contributed by atoms with E-state index >= 15 is 0 Å². The molecule has 2 atom stereocenters. The molecule has 5 nitrogen and oxygen atoms in total. The minimum Gasteiger partial charge on any atom is -0.480 e. The van der Waals surface area contributed by atoms with Crippen LogP contribution < -0.4 is 5.32 Å². The summed E-state index contributed by atoms with van der Waals surface area (Å²) in [5.41, 5.74) is 0. The Balaban J connectivity index is 2.93.